The number of hydrogen-bond donors (Lipinski definition) is 8. The van der Waals surface area contributed by atoms with Crippen LogP contribution in [0.1, 0.15) is 124 Å². The number of rotatable bonds is 25. The van der Waals surface area contributed by atoms with Crippen LogP contribution in [-0.2, 0) is 80.9 Å². The molecule has 5 aromatic rings. The van der Waals surface area contributed by atoms with E-state index in [4.69, 9.17) is 14.5 Å². The van der Waals surface area contributed by atoms with E-state index in [1.54, 1.807) is 30.7 Å². The van der Waals surface area contributed by atoms with Crippen LogP contribution >= 0.6 is 18.9 Å². The van der Waals surface area contributed by atoms with Crippen molar-refractivity contribution in [2.24, 2.45) is 5.41 Å². The summed E-state index contributed by atoms with van der Waals surface area (Å²) in [6, 6.07) is 20.8. The number of ether oxygens (including phenoxy) is 1. The Kier molecular flexibility index (Phi) is 21.9. The first-order valence-electron chi connectivity index (χ1n) is 29.9. The second-order valence-electron chi connectivity index (χ2n) is 24.3. The summed E-state index contributed by atoms with van der Waals surface area (Å²) in [6.07, 6.45) is 2.90. The zero-order chi connectivity index (χ0) is 64.5. The third kappa shape index (κ3) is 16.7. The highest BCUT2D eigenvalue weighted by Crippen LogP contribution is 2.59. The number of anilines is 1. The molecule has 0 spiro atoms. The lowest BCUT2D eigenvalue weighted by Crippen LogP contribution is -2.57. The van der Waals surface area contributed by atoms with Gasteiger partial charge in [-0.15, -0.1) is 11.3 Å². The van der Waals surface area contributed by atoms with Gasteiger partial charge in [0.05, 0.1) is 46.6 Å². The number of carbonyl (C=O) groups excluding carboxylic acids is 7. The summed E-state index contributed by atoms with van der Waals surface area (Å²) in [5.41, 5.74) is 3.36. The number of para-hydroxylation sites is 1. The van der Waals surface area contributed by atoms with Crippen LogP contribution in [-0.4, -0.2) is 122 Å². The average molecular weight is 1270 g/mol. The minimum absolute atomic E-state index is 0.0313. The molecule has 7 amide bonds. The van der Waals surface area contributed by atoms with Crippen molar-refractivity contribution in [3.05, 3.63) is 147 Å². The molecule has 0 bridgehead atoms. The number of allylic oxidation sites excluding steroid dienone is 1. The summed E-state index contributed by atoms with van der Waals surface area (Å²) in [7, 11) is -4.27. The maximum atomic E-state index is 14.5. The number of likely N-dealkylation sites (tertiary alicyclic amines) is 1. The van der Waals surface area contributed by atoms with E-state index in [-0.39, 0.29) is 75.9 Å². The topological polar surface area (TPSA) is 286 Å². The summed E-state index contributed by atoms with van der Waals surface area (Å²) in [5, 5.41) is 25.0. The number of nitrogens with zero attached hydrogens (tertiary/aromatic N) is 3. The molecule has 0 saturated carbocycles. The number of carbonyl (C=O) groups is 7. The molecule has 1 aromatic heterocycles. The summed E-state index contributed by atoms with van der Waals surface area (Å²) in [5.74, 6) is -3.01. The molecule has 20 nitrogen and oxygen atoms in total. The third-order valence-corrected chi connectivity index (χ3v) is 18.6. The zero-order valence-electron chi connectivity index (χ0n) is 51.0. The van der Waals surface area contributed by atoms with Gasteiger partial charge in [0.15, 0.2) is 0 Å². The van der Waals surface area contributed by atoms with Crippen LogP contribution in [0, 0.1) is 12.3 Å². The van der Waals surface area contributed by atoms with Crippen LogP contribution in [0.4, 0.5) is 14.5 Å². The molecule has 0 unspecified atom stereocenters. The van der Waals surface area contributed by atoms with Gasteiger partial charge in [-0.25, -0.2) is 4.98 Å². The predicted octanol–water partition coefficient (Wildman–Crippen LogP) is 7.28. The first-order valence-corrected chi connectivity index (χ1v) is 32.3. The Bertz CT molecular complexity index is 3480. The maximum Gasteiger partial charge on any atom is 0.399 e. The third-order valence-electron chi connectivity index (χ3n) is 16.6. The van der Waals surface area contributed by atoms with E-state index in [1.807, 2.05) is 94.4 Å². The van der Waals surface area contributed by atoms with Crippen molar-refractivity contribution in [2.75, 3.05) is 18.5 Å². The number of aromatic nitrogens is 1. The van der Waals surface area contributed by atoms with Gasteiger partial charge in [-0.2, -0.15) is 8.78 Å². The Morgan fingerprint density at radius 3 is 2.19 bits per heavy atom. The zero-order valence-corrected chi connectivity index (χ0v) is 52.7. The molecular formula is C65H79F2N8O12PS. The van der Waals surface area contributed by atoms with Crippen molar-refractivity contribution in [2.45, 2.75) is 167 Å². The minimum atomic E-state index is -5.79. The van der Waals surface area contributed by atoms with Gasteiger partial charge in [-0.05, 0) is 109 Å². The van der Waals surface area contributed by atoms with Crippen molar-refractivity contribution in [1.82, 2.24) is 36.5 Å². The fourth-order valence-electron chi connectivity index (χ4n) is 11.5. The lowest BCUT2D eigenvalue weighted by molar-refractivity contribution is -0.144. The molecule has 3 aliphatic heterocycles. The van der Waals surface area contributed by atoms with Crippen molar-refractivity contribution < 1.29 is 66.5 Å². The molecule has 476 valence electrons. The Morgan fingerprint density at radius 2 is 1.54 bits per heavy atom. The van der Waals surface area contributed by atoms with E-state index < -0.39 is 90.3 Å². The molecular weight excluding hydrogens is 1190 g/mol. The number of aryl methyl sites for hydroxylation is 3. The number of nitrogens with one attached hydrogen (secondary N) is 5. The molecule has 8 rings (SSSR count). The standard InChI is InChI=1S/C65H79F2N8O12PS/c1-38(44-23-26-48(27-24-44)65(66,67)88(84,85)86)31-56(79)71-51-28-25-45-12-10-13-47-32-53(75(57(45)47)62(51)82)61(81)72-50(29-30-54(77)68-7)40(3)87-36-43-17-15-41(16-18-43)11-8-9-14-55(78)73-59(64(4,5)6)63(83)74-35-49(76)33-52(74)60(80)69-34-42-19-21-46(22-20-42)58-39(2)70-37-89-58/h10,12-13,15-24,26-27,31,37,40,49-53,59,76H,8-9,11,14,25,28-30,32-36H2,1-7H3,(H,68,77)(H,69,80)(H,71,79)(H,72,81)(H,73,78)(H2,84,85,86)/b38-31+/t40-,49-,50+,51+,52+,53+,59-/m1/s1. The second kappa shape index (κ2) is 29.0. The van der Waals surface area contributed by atoms with E-state index in [0.717, 1.165) is 56.1 Å². The van der Waals surface area contributed by atoms with Gasteiger partial charge in [0.1, 0.15) is 24.2 Å². The summed E-state index contributed by atoms with van der Waals surface area (Å²) < 4.78 is 46.3. The highest BCUT2D eigenvalue weighted by molar-refractivity contribution is 7.52. The summed E-state index contributed by atoms with van der Waals surface area (Å²) >= 11 is 1.56. The smallest absolute Gasteiger partial charge is 0.391 e. The van der Waals surface area contributed by atoms with E-state index in [1.165, 1.54) is 35.1 Å². The molecule has 89 heavy (non-hydrogen) atoms. The molecule has 24 heteroatoms. The minimum Gasteiger partial charge on any atom is -0.391 e. The number of alkyl halides is 2. The fraction of sp³-hybridized carbons (Fsp3) is 0.446. The van der Waals surface area contributed by atoms with Crippen LogP contribution in [0.25, 0.3) is 16.0 Å². The van der Waals surface area contributed by atoms with Crippen LogP contribution in [0.15, 0.2) is 103 Å². The average Bonchev–Trinajstić information content (AvgIpc) is 1.65. The van der Waals surface area contributed by atoms with Crippen molar-refractivity contribution in [1.29, 1.82) is 0 Å². The number of hydrogen-bond acceptors (Lipinski definition) is 12. The van der Waals surface area contributed by atoms with E-state index in [9.17, 15) is 52.0 Å². The van der Waals surface area contributed by atoms with Crippen molar-refractivity contribution in [3.8, 4) is 10.4 Å². The quantitative estimate of drug-likeness (QED) is 0.0162. The Balaban J connectivity index is 0.817. The van der Waals surface area contributed by atoms with Gasteiger partial charge in [-0.3, -0.25) is 43.0 Å². The number of benzene rings is 4. The lowest BCUT2D eigenvalue weighted by Gasteiger charge is -2.35. The number of β-amino-alcohol motifs (C(OH)–C–C–N with tert-alkyl or cyclic N) is 1. The summed E-state index contributed by atoms with van der Waals surface area (Å²) in [4.78, 5) is 123. The van der Waals surface area contributed by atoms with Crippen LogP contribution in [0.3, 0.4) is 0 Å². The van der Waals surface area contributed by atoms with Gasteiger partial charge >= 0.3 is 13.3 Å². The van der Waals surface area contributed by atoms with Gasteiger partial charge in [-0.1, -0.05) is 112 Å². The van der Waals surface area contributed by atoms with E-state index in [2.05, 4.69) is 31.6 Å². The Hall–Kier alpha value is -7.53. The van der Waals surface area contributed by atoms with Gasteiger partial charge in [0.2, 0.25) is 41.4 Å². The number of aliphatic hydroxyl groups excluding tert-OH is 1. The maximum absolute atomic E-state index is 14.5. The number of halogens is 2. The Labute approximate surface area is 520 Å². The largest absolute Gasteiger partial charge is 0.399 e. The molecule has 1 saturated heterocycles. The molecule has 4 aromatic carbocycles. The van der Waals surface area contributed by atoms with Gasteiger partial charge in [0.25, 0.3) is 0 Å². The fourth-order valence-corrected chi connectivity index (χ4v) is 12.8. The molecule has 0 aliphatic carbocycles. The first-order chi connectivity index (χ1) is 42.1. The summed E-state index contributed by atoms with van der Waals surface area (Å²) in [6.45, 7) is 11.2. The van der Waals surface area contributed by atoms with Crippen molar-refractivity contribution in [3.63, 3.8) is 0 Å². The normalized spacial score (nSPS) is 18.7. The van der Waals surface area contributed by atoms with E-state index in [0.29, 0.717) is 42.5 Å². The first kappa shape index (κ1) is 67.4. The van der Waals surface area contributed by atoms with Gasteiger partial charge < -0.3 is 51.1 Å². The van der Waals surface area contributed by atoms with Crippen LogP contribution < -0.4 is 31.5 Å². The van der Waals surface area contributed by atoms with E-state index >= 15 is 0 Å². The number of amides is 7. The molecule has 0 radical (unpaired) electrons. The molecule has 3 aliphatic rings. The highest BCUT2D eigenvalue weighted by atomic mass is 32.1. The number of thiazole rings is 1. The SMILES string of the molecule is CNC(=O)CC[C@H](NC(=O)[C@@H]1Cc2cccc3c2N1C(=O)[C@@H](NC(=O)/C=C(\C)c1ccc(C(F)(F)P(=O)(O)O)cc1)CC3)[C@@H](C)OCc1ccc(CCCCC(=O)N[C@H](C(=O)N2C[C@H](O)C[C@H]2C(=O)NCc2ccc(-c3scnc3C)cc2)C(C)(C)C)cc1. The van der Waals surface area contributed by atoms with Crippen molar-refractivity contribution >= 4 is 71.5 Å². The molecule has 7 atom stereocenters. The Morgan fingerprint density at radius 1 is 0.865 bits per heavy atom. The molecule has 8 N–H and O–H groups in total. The predicted molar refractivity (Wildman–Crippen MR) is 333 cm³/mol. The molecule has 1 fully saturated rings. The lowest BCUT2D eigenvalue weighted by atomic mass is 9.85. The van der Waals surface area contributed by atoms with Crippen LogP contribution in [0.2, 0.25) is 0 Å². The second-order valence-corrected chi connectivity index (χ2v) is 26.8. The monoisotopic (exact) mass is 1260 g/mol. The van der Waals surface area contributed by atoms with Crippen LogP contribution in [0.5, 0.6) is 0 Å². The number of aliphatic hydroxyl groups is 1. The molecule has 4 heterocycles. The number of unbranched alkanes of at least 4 members (excludes halogenated alkanes) is 1. The van der Waals surface area contributed by atoms with Gasteiger partial charge in [0, 0.05) is 57.5 Å². The highest BCUT2D eigenvalue weighted by Gasteiger charge is 2.51.